The Balaban J connectivity index is 1.48. The van der Waals surface area contributed by atoms with E-state index in [-0.39, 0.29) is 28.7 Å². The third-order valence-corrected chi connectivity index (χ3v) is 8.05. The van der Waals surface area contributed by atoms with Crippen LogP contribution in [-0.4, -0.2) is 62.7 Å². The van der Waals surface area contributed by atoms with E-state index in [1.807, 2.05) is 11.0 Å². The number of sulfonamides is 1. The van der Waals surface area contributed by atoms with Crippen molar-refractivity contribution in [3.05, 3.63) is 59.2 Å². The third kappa shape index (κ3) is 5.04. The first-order valence-electron chi connectivity index (χ1n) is 11.2. The van der Waals surface area contributed by atoms with Crippen molar-refractivity contribution in [1.29, 1.82) is 0 Å². The first-order valence-corrected chi connectivity index (χ1v) is 12.7. The van der Waals surface area contributed by atoms with Gasteiger partial charge in [0.15, 0.2) is 0 Å². The van der Waals surface area contributed by atoms with Crippen LogP contribution in [0.2, 0.25) is 0 Å². The maximum Gasteiger partial charge on any atom is 0.253 e. The molecule has 0 unspecified atom stereocenters. The zero-order valence-electron chi connectivity index (χ0n) is 18.7. The van der Waals surface area contributed by atoms with Crippen molar-refractivity contribution in [2.24, 2.45) is 0 Å². The first kappa shape index (κ1) is 23.3. The van der Waals surface area contributed by atoms with E-state index in [0.717, 1.165) is 44.3 Å². The van der Waals surface area contributed by atoms with Crippen LogP contribution in [0.15, 0.2) is 47.4 Å². The normalized spacial score (nSPS) is 16.7. The lowest BCUT2D eigenvalue weighted by atomic mass is 10.1. The average molecular weight is 472 g/mol. The fourth-order valence-corrected chi connectivity index (χ4v) is 5.99. The standard InChI is InChI=1S/C24H29N3O5S/c1-32-21-10-9-19(16-22(21)33(30,31)27-13-4-5-14-27)23(28)25-17-18-7-6-8-20(15-18)24(29)26-11-2-3-12-26/h6-10,15-16H,2-5,11-14,17H2,1H3,(H,25,28). The molecule has 8 nitrogen and oxygen atoms in total. The molecule has 4 rings (SSSR count). The van der Waals surface area contributed by atoms with E-state index in [4.69, 9.17) is 4.74 Å². The van der Waals surface area contributed by atoms with Gasteiger partial charge in [-0.3, -0.25) is 9.59 Å². The number of rotatable bonds is 7. The highest BCUT2D eigenvalue weighted by Gasteiger charge is 2.30. The van der Waals surface area contributed by atoms with Crippen LogP contribution < -0.4 is 10.1 Å². The minimum Gasteiger partial charge on any atom is -0.495 e. The Bertz CT molecular complexity index is 1140. The van der Waals surface area contributed by atoms with E-state index in [0.29, 0.717) is 18.7 Å². The van der Waals surface area contributed by atoms with E-state index >= 15 is 0 Å². The molecule has 0 radical (unpaired) electrons. The number of benzene rings is 2. The zero-order valence-corrected chi connectivity index (χ0v) is 19.6. The molecule has 0 aliphatic carbocycles. The molecule has 2 aliphatic rings. The van der Waals surface area contributed by atoms with Crippen molar-refractivity contribution < 1.29 is 22.7 Å². The quantitative estimate of drug-likeness (QED) is 0.670. The number of carbonyl (C=O) groups is 2. The van der Waals surface area contributed by atoms with Gasteiger partial charge in [0.1, 0.15) is 10.6 Å². The van der Waals surface area contributed by atoms with Crippen LogP contribution in [0.4, 0.5) is 0 Å². The number of hydrogen-bond acceptors (Lipinski definition) is 5. The summed E-state index contributed by atoms with van der Waals surface area (Å²) in [5, 5.41) is 2.82. The van der Waals surface area contributed by atoms with Crippen LogP contribution >= 0.6 is 0 Å². The molecule has 2 aliphatic heterocycles. The maximum absolute atomic E-state index is 13.1. The molecule has 2 heterocycles. The fraction of sp³-hybridized carbons (Fsp3) is 0.417. The molecule has 1 N–H and O–H groups in total. The van der Waals surface area contributed by atoms with Gasteiger partial charge in [-0.2, -0.15) is 4.31 Å². The largest absolute Gasteiger partial charge is 0.495 e. The van der Waals surface area contributed by atoms with Crippen LogP contribution in [0, 0.1) is 0 Å². The highest BCUT2D eigenvalue weighted by molar-refractivity contribution is 7.89. The zero-order chi connectivity index (χ0) is 23.4. The molecule has 2 fully saturated rings. The van der Waals surface area contributed by atoms with Gasteiger partial charge >= 0.3 is 0 Å². The van der Waals surface area contributed by atoms with Gasteiger partial charge in [-0.25, -0.2) is 8.42 Å². The molecule has 0 saturated carbocycles. The van der Waals surface area contributed by atoms with Gasteiger partial charge in [0.05, 0.1) is 7.11 Å². The predicted molar refractivity (Wildman–Crippen MR) is 124 cm³/mol. The molecule has 176 valence electrons. The lowest BCUT2D eigenvalue weighted by molar-refractivity contribution is 0.0792. The smallest absolute Gasteiger partial charge is 0.253 e. The van der Waals surface area contributed by atoms with Gasteiger partial charge in [-0.15, -0.1) is 0 Å². The van der Waals surface area contributed by atoms with Crippen molar-refractivity contribution in [3.8, 4) is 5.75 Å². The second-order valence-corrected chi connectivity index (χ2v) is 10.3. The van der Waals surface area contributed by atoms with Crippen molar-refractivity contribution >= 4 is 21.8 Å². The molecule has 9 heteroatoms. The van der Waals surface area contributed by atoms with Crippen molar-refractivity contribution in [2.45, 2.75) is 37.1 Å². The molecule has 2 aromatic rings. The fourth-order valence-electron chi connectivity index (χ4n) is 4.29. The Morgan fingerprint density at radius 2 is 1.64 bits per heavy atom. The first-order chi connectivity index (χ1) is 15.9. The third-order valence-electron chi connectivity index (χ3n) is 6.13. The van der Waals surface area contributed by atoms with Gasteiger partial charge in [0, 0.05) is 43.9 Å². The number of hydrogen-bond donors (Lipinski definition) is 1. The Kier molecular flexibility index (Phi) is 6.99. The molecule has 2 amide bonds. The second kappa shape index (κ2) is 9.93. The molecule has 2 saturated heterocycles. The predicted octanol–water partition coefficient (Wildman–Crippen LogP) is 2.65. The van der Waals surface area contributed by atoms with Crippen molar-refractivity contribution in [1.82, 2.24) is 14.5 Å². The van der Waals surface area contributed by atoms with Gasteiger partial charge in [0.2, 0.25) is 10.0 Å². The molecular weight excluding hydrogens is 442 g/mol. The van der Waals surface area contributed by atoms with Crippen LogP contribution in [0.3, 0.4) is 0 Å². The van der Waals surface area contributed by atoms with E-state index in [9.17, 15) is 18.0 Å². The number of ether oxygens (including phenoxy) is 1. The summed E-state index contributed by atoms with van der Waals surface area (Å²) in [6, 6.07) is 11.6. The molecule has 2 aromatic carbocycles. The minimum absolute atomic E-state index is 0.00208. The number of amides is 2. The van der Waals surface area contributed by atoms with Crippen molar-refractivity contribution in [3.63, 3.8) is 0 Å². The summed E-state index contributed by atoms with van der Waals surface area (Å²) in [7, 11) is -2.33. The summed E-state index contributed by atoms with van der Waals surface area (Å²) < 4.78 is 32.8. The Hall–Kier alpha value is -2.91. The van der Waals surface area contributed by atoms with Crippen LogP contribution in [0.25, 0.3) is 0 Å². The van der Waals surface area contributed by atoms with Gasteiger partial charge in [0.25, 0.3) is 11.8 Å². The minimum atomic E-state index is -3.74. The number of likely N-dealkylation sites (tertiary alicyclic amines) is 1. The molecule has 0 atom stereocenters. The lowest BCUT2D eigenvalue weighted by Gasteiger charge is -2.18. The molecule has 33 heavy (non-hydrogen) atoms. The summed E-state index contributed by atoms with van der Waals surface area (Å²) >= 11 is 0. The maximum atomic E-state index is 13.1. The van der Waals surface area contributed by atoms with E-state index in [1.54, 1.807) is 24.3 Å². The number of nitrogens with one attached hydrogen (secondary N) is 1. The van der Waals surface area contributed by atoms with E-state index in [1.165, 1.54) is 23.5 Å². The number of nitrogens with zero attached hydrogens (tertiary/aromatic N) is 2. The van der Waals surface area contributed by atoms with E-state index < -0.39 is 15.9 Å². The van der Waals surface area contributed by atoms with Crippen LogP contribution in [0.1, 0.15) is 52.0 Å². The molecular formula is C24H29N3O5S. The Morgan fingerprint density at radius 1 is 0.939 bits per heavy atom. The Labute approximate surface area is 194 Å². The van der Waals surface area contributed by atoms with Crippen LogP contribution in [-0.2, 0) is 16.6 Å². The van der Waals surface area contributed by atoms with Gasteiger partial charge in [-0.05, 0) is 61.6 Å². The number of carbonyl (C=O) groups excluding carboxylic acids is 2. The molecule has 0 spiro atoms. The topological polar surface area (TPSA) is 96.0 Å². The van der Waals surface area contributed by atoms with Crippen LogP contribution in [0.5, 0.6) is 5.75 Å². The number of methoxy groups -OCH3 is 1. The lowest BCUT2D eigenvalue weighted by Crippen LogP contribution is -2.29. The van der Waals surface area contributed by atoms with Crippen molar-refractivity contribution in [2.75, 3.05) is 33.3 Å². The van der Waals surface area contributed by atoms with Gasteiger partial charge < -0.3 is 15.0 Å². The van der Waals surface area contributed by atoms with E-state index in [2.05, 4.69) is 5.32 Å². The highest BCUT2D eigenvalue weighted by Crippen LogP contribution is 2.30. The van der Waals surface area contributed by atoms with Gasteiger partial charge in [-0.1, -0.05) is 12.1 Å². The molecule has 0 aromatic heterocycles. The SMILES string of the molecule is COc1ccc(C(=O)NCc2cccc(C(=O)N3CCCC3)c2)cc1S(=O)(=O)N1CCCC1. The summed E-state index contributed by atoms with van der Waals surface area (Å²) in [6.45, 7) is 2.71. The highest BCUT2D eigenvalue weighted by atomic mass is 32.2. The summed E-state index contributed by atoms with van der Waals surface area (Å²) in [5.41, 5.74) is 1.64. The second-order valence-electron chi connectivity index (χ2n) is 8.36. The monoisotopic (exact) mass is 471 g/mol. The Morgan fingerprint density at radius 3 is 2.33 bits per heavy atom. The summed E-state index contributed by atoms with van der Waals surface area (Å²) in [5.74, 6) is -0.175. The molecule has 0 bridgehead atoms. The average Bonchev–Trinajstić information content (AvgIpc) is 3.57. The summed E-state index contributed by atoms with van der Waals surface area (Å²) in [4.78, 5) is 27.3. The summed E-state index contributed by atoms with van der Waals surface area (Å²) in [6.07, 6.45) is 3.69.